The van der Waals surface area contributed by atoms with Gasteiger partial charge in [-0.2, -0.15) is 0 Å². The zero-order chi connectivity index (χ0) is 33.2. The van der Waals surface area contributed by atoms with Crippen LogP contribution >= 0.6 is 0 Å². The molecule has 0 nitrogen and oxygen atoms in total. The van der Waals surface area contributed by atoms with E-state index in [2.05, 4.69) is 173 Å². The van der Waals surface area contributed by atoms with Gasteiger partial charge in [-0.3, -0.25) is 0 Å². The highest BCUT2D eigenvalue weighted by Gasteiger charge is 2.51. The van der Waals surface area contributed by atoms with Crippen LogP contribution in [0.1, 0.15) is 27.7 Å². The summed E-state index contributed by atoms with van der Waals surface area (Å²) >= 11 is 0. The number of hydrogen-bond donors (Lipinski definition) is 0. The molecule has 0 unspecified atom stereocenters. The fourth-order valence-corrected chi connectivity index (χ4v) is 18.7. The molecule has 1 aliphatic carbocycles. The highest BCUT2D eigenvalue weighted by molar-refractivity contribution is 7.14. The number of rotatable bonds is 8. The Kier molecular flexibility index (Phi) is 9.40. The zero-order valence-electron chi connectivity index (χ0n) is 30.9. The van der Waals surface area contributed by atoms with Gasteiger partial charge in [0, 0.05) is 5.54 Å². The van der Waals surface area contributed by atoms with E-state index in [0.717, 1.165) is 0 Å². The summed E-state index contributed by atoms with van der Waals surface area (Å²) < 4.78 is 0. The van der Waals surface area contributed by atoms with E-state index < -0.39 is 40.4 Å². The molecule has 0 aliphatic heterocycles. The van der Waals surface area contributed by atoms with Crippen molar-refractivity contribution in [2.24, 2.45) is 0 Å². The Morgan fingerprint density at radius 2 is 0.636 bits per heavy atom. The van der Waals surface area contributed by atoms with E-state index in [0.29, 0.717) is 5.54 Å². The number of allylic oxidation sites excluding steroid dienone is 4. The van der Waals surface area contributed by atoms with E-state index in [9.17, 15) is 0 Å². The van der Waals surface area contributed by atoms with Gasteiger partial charge in [-0.05, 0) is 54.4 Å². The molecule has 0 saturated heterocycles. The fraction of sp³-hybridized carbons (Fsp3) is 0.436. The van der Waals surface area contributed by atoms with Gasteiger partial charge in [-0.25, -0.2) is 0 Å². The third kappa shape index (κ3) is 6.41. The predicted molar refractivity (Wildman–Crippen MR) is 216 cm³/mol. The average Bonchev–Trinajstić information content (AvgIpc) is 3.10. The second-order valence-corrected chi connectivity index (χ2v) is 42.1. The van der Waals surface area contributed by atoms with Gasteiger partial charge in [0.25, 0.3) is 0 Å². The van der Waals surface area contributed by atoms with Crippen LogP contribution in [0.2, 0.25) is 84.1 Å². The summed E-state index contributed by atoms with van der Waals surface area (Å²) in [6.45, 7) is 40.2. The van der Waals surface area contributed by atoms with Crippen LogP contribution in [0.25, 0.3) is 0 Å². The SMILES string of the molecule is CC1=C(C)C([Si](c2ccccc2)(c2cc([Si](C)(C)C)cc([Si](C)(C)C)c2)c2cc([Si](C)(C)C)cc([Si](C)(C)C)c2)C(C)=C1C. The zero-order valence-corrected chi connectivity index (χ0v) is 35.9. The minimum absolute atomic E-state index is 0.405. The first-order valence-corrected chi connectivity index (χ1v) is 32.8. The van der Waals surface area contributed by atoms with Crippen LogP contribution in [0.15, 0.2) is 89.0 Å². The van der Waals surface area contributed by atoms with E-state index in [4.69, 9.17) is 0 Å². The molecule has 0 aromatic heterocycles. The molecule has 44 heavy (non-hydrogen) atoms. The lowest BCUT2D eigenvalue weighted by molar-refractivity contribution is 1.09. The molecule has 0 spiro atoms. The smallest absolute Gasteiger partial charge is 0.0656 e. The summed E-state index contributed by atoms with van der Waals surface area (Å²) in [5, 5.41) is 11.4. The molecular weight excluding hydrogens is 609 g/mol. The lowest BCUT2D eigenvalue weighted by atomic mass is 10.1. The first-order valence-electron chi connectivity index (χ1n) is 16.7. The van der Waals surface area contributed by atoms with Crippen molar-refractivity contribution in [1.29, 1.82) is 0 Å². The molecule has 236 valence electrons. The molecule has 3 aromatic rings. The topological polar surface area (TPSA) is 0 Å². The maximum absolute atomic E-state index is 2.73. The molecule has 0 saturated carbocycles. The molecule has 0 atom stereocenters. The lowest BCUT2D eigenvalue weighted by Gasteiger charge is -2.43. The summed E-state index contributed by atoms with van der Waals surface area (Å²) in [7, 11) is -9.08. The van der Waals surface area contributed by atoms with Crippen molar-refractivity contribution in [3.05, 3.63) is 89.0 Å². The fourth-order valence-electron chi connectivity index (χ4n) is 7.14. The number of hydrogen-bond acceptors (Lipinski definition) is 0. The van der Waals surface area contributed by atoms with Crippen LogP contribution < -0.4 is 36.3 Å². The first kappa shape index (κ1) is 35.1. The van der Waals surface area contributed by atoms with Crippen LogP contribution in [0.3, 0.4) is 0 Å². The van der Waals surface area contributed by atoms with Crippen LogP contribution in [-0.2, 0) is 0 Å². The highest BCUT2D eigenvalue weighted by atomic mass is 28.3. The first-order chi connectivity index (χ1) is 20.0. The Labute approximate surface area is 276 Å². The molecule has 5 heteroatoms. The van der Waals surface area contributed by atoms with Crippen molar-refractivity contribution >= 4 is 76.7 Å². The van der Waals surface area contributed by atoms with Crippen molar-refractivity contribution in [3.63, 3.8) is 0 Å². The van der Waals surface area contributed by atoms with Gasteiger partial charge in [0.15, 0.2) is 8.07 Å². The average molecular weight is 669 g/mol. The van der Waals surface area contributed by atoms with Crippen molar-refractivity contribution in [1.82, 2.24) is 0 Å². The molecule has 3 aromatic carbocycles. The second-order valence-electron chi connectivity index (χ2n) is 17.8. The Hall–Kier alpha value is -1.78. The third-order valence-electron chi connectivity index (χ3n) is 10.5. The monoisotopic (exact) mass is 668 g/mol. The van der Waals surface area contributed by atoms with Gasteiger partial charge in [-0.15, -0.1) is 0 Å². The molecule has 0 radical (unpaired) electrons. The molecule has 0 amide bonds. The van der Waals surface area contributed by atoms with Crippen molar-refractivity contribution in [3.8, 4) is 0 Å². The largest absolute Gasteiger partial charge is 0.159 e. The van der Waals surface area contributed by atoms with Gasteiger partial charge in [0.2, 0.25) is 0 Å². The second kappa shape index (κ2) is 11.8. The van der Waals surface area contributed by atoms with Crippen LogP contribution in [-0.4, -0.2) is 40.4 Å². The minimum atomic E-state index is -2.67. The predicted octanol–water partition coefficient (Wildman–Crippen LogP) is 7.39. The number of benzene rings is 3. The van der Waals surface area contributed by atoms with Gasteiger partial charge < -0.3 is 0 Å². The Morgan fingerprint density at radius 1 is 0.364 bits per heavy atom. The van der Waals surface area contributed by atoms with E-state index in [1.54, 1.807) is 47.5 Å². The normalized spacial score (nSPS) is 15.9. The van der Waals surface area contributed by atoms with E-state index >= 15 is 0 Å². The summed E-state index contributed by atoms with van der Waals surface area (Å²) in [5.74, 6) is 0. The van der Waals surface area contributed by atoms with Crippen molar-refractivity contribution < 1.29 is 0 Å². The third-order valence-corrected chi connectivity index (χ3v) is 24.0. The van der Waals surface area contributed by atoms with Gasteiger partial charge in [-0.1, -0.05) is 177 Å². The van der Waals surface area contributed by atoms with Crippen LogP contribution in [0.5, 0.6) is 0 Å². The standard InChI is InChI=1S/C39H60Si5/c1-28-29(2)31(4)39(30(28)3)44(32-20-18-17-19-21-32,37-24-33(40(5,6)7)22-34(25-37)41(8,9)10)38-26-35(42(11,12)13)23-36(27-38)43(14,15)16/h17-27,39H,1-16H3. The van der Waals surface area contributed by atoms with Crippen molar-refractivity contribution in [2.45, 2.75) is 112 Å². The quantitative estimate of drug-likeness (QED) is 0.174. The maximum Gasteiger partial charge on any atom is 0.159 e. The molecular formula is C39H60Si5. The summed E-state index contributed by atoms with van der Waals surface area (Å²) in [6.07, 6.45) is 0. The van der Waals surface area contributed by atoms with E-state index in [1.807, 2.05) is 0 Å². The Morgan fingerprint density at radius 3 is 0.909 bits per heavy atom. The Bertz CT molecular complexity index is 1450. The lowest BCUT2D eigenvalue weighted by Crippen LogP contribution is -2.72. The highest BCUT2D eigenvalue weighted by Crippen LogP contribution is 2.46. The van der Waals surface area contributed by atoms with Gasteiger partial charge >= 0.3 is 0 Å². The van der Waals surface area contributed by atoms with E-state index in [1.165, 1.54) is 11.1 Å². The summed E-state index contributed by atoms with van der Waals surface area (Å²) in [5.41, 5.74) is 6.62. The van der Waals surface area contributed by atoms with Crippen LogP contribution in [0, 0.1) is 0 Å². The minimum Gasteiger partial charge on any atom is -0.0656 e. The van der Waals surface area contributed by atoms with Gasteiger partial charge in [0.05, 0.1) is 32.3 Å². The molecule has 0 heterocycles. The summed E-state index contributed by atoms with van der Waals surface area (Å²) in [4.78, 5) is 0. The molecule has 1 aliphatic rings. The van der Waals surface area contributed by atoms with Crippen LogP contribution in [0.4, 0.5) is 0 Å². The maximum atomic E-state index is 2.73. The molecule has 0 fully saturated rings. The van der Waals surface area contributed by atoms with Gasteiger partial charge in [0.1, 0.15) is 0 Å². The molecule has 0 N–H and O–H groups in total. The molecule has 0 bridgehead atoms. The Balaban J connectivity index is 2.37. The van der Waals surface area contributed by atoms with E-state index in [-0.39, 0.29) is 0 Å². The summed E-state index contributed by atoms with van der Waals surface area (Å²) in [6, 6.07) is 28.0. The van der Waals surface area contributed by atoms with Crippen molar-refractivity contribution in [2.75, 3.05) is 0 Å². The molecule has 4 rings (SSSR count).